The molecule has 1 fully saturated rings. The Morgan fingerprint density at radius 1 is 1.47 bits per heavy atom. The average molecular weight is 232 g/mol. The fourth-order valence-corrected chi connectivity index (χ4v) is 1.88. The molecule has 2 atom stereocenters. The van der Waals surface area contributed by atoms with Gasteiger partial charge in [-0.05, 0) is 5.56 Å². The lowest BCUT2D eigenvalue weighted by Gasteiger charge is -2.36. The number of esters is 1. The van der Waals surface area contributed by atoms with Crippen LogP contribution in [0.5, 0.6) is 0 Å². The maximum Gasteiger partial charge on any atom is 0.330 e. The monoisotopic (exact) mass is 232 g/mol. The Labute approximate surface area is 101 Å². The Bertz CT molecular complexity index is 380. The molecule has 1 aromatic rings. The van der Waals surface area contributed by atoms with Crippen LogP contribution in [0, 0.1) is 0 Å². The standard InChI is InChI=1S/C14H16O3/c1-2-14(15)16-9-8-12-10-13(17-12)11-6-4-3-5-7-11/h2-7,12-13H,1,8-10H2. The van der Waals surface area contributed by atoms with E-state index in [1.165, 1.54) is 11.6 Å². The molecule has 0 radical (unpaired) electrons. The van der Waals surface area contributed by atoms with E-state index in [2.05, 4.69) is 18.7 Å². The van der Waals surface area contributed by atoms with Crippen LogP contribution < -0.4 is 0 Å². The number of carbonyl (C=O) groups is 1. The van der Waals surface area contributed by atoms with Crippen LogP contribution in [-0.2, 0) is 14.3 Å². The average Bonchev–Trinajstić information content (AvgIpc) is 2.32. The molecular formula is C14H16O3. The lowest BCUT2D eigenvalue weighted by atomic mass is 9.96. The molecule has 0 spiro atoms. The van der Waals surface area contributed by atoms with E-state index in [-0.39, 0.29) is 18.2 Å². The zero-order valence-corrected chi connectivity index (χ0v) is 9.67. The molecule has 90 valence electrons. The molecule has 1 aliphatic heterocycles. The van der Waals surface area contributed by atoms with E-state index in [1.807, 2.05) is 18.2 Å². The van der Waals surface area contributed by atoms with Crippen molar-refractivity contribution in [2.24, 2.45) is 0 Å². The first-order valence-electron chi connectivity index (χ1n) is 5.79. The molecule has 1 heterocycles. The van der Waals surface area contributed by atoms with Gasteiger partial charge in [-0.1, -0.05) is 36.9 Å². The molecule has 17 heavy (non-hydrogen) atoms. The van der Waals surface area contributed by atoms with Crippen molar-refractivity contribution in [2.45, 2.75) is 25.0 Å². The molecule has 1 aromatic carbocycles. The molecule has 0 bridgehead atoms. The molecule has 1 saturated heterocycles. The van der Waals surface area contributed by atoms with E-state index in [4.69, 9.17) is 9.47 Å². The molecular weight excluding hydrogens is 216 g/mol. The third-order valence-electron chi connectivity index (χ3n) is 2.86. The van der Waals surface area contributed by atoms with E-state index in [1.54, 1.807) is 0 Å². The van der Waals surface area contributed by atoms with Gasteiger partial charge >= 0.3 is 5.97 Å². The van der Waals surface area contributed by atoms with Crippen molar-refractivity contribution in [2.75, 3.05) is 6.61 Å². The predicted octanol–water partition coefficient (Wildman–Crippen LogP) is 2.64. The van der Waals surface area contributed by atoms with Gasteiger partial charge in [0, 0.05) is 18.9 Å². The number of hydrogen-bond acceptors (Lipinski definition) is 3. The minimum Gasteiger partial charge on any atom is -0.462 e. The predicted molar refractivity (Wildman–Crippen MR) is 64.4 cm³/mol. The number of carbonyl (C=O) groups excluding carboxylic acids is 1. The summed E-state index contributed by atoms with van der Waals surface area (Å²) >= 11 is 0. The molecule has 2 rings (SSSR count). The fraction of sp³-hybridized carbons (Fsp3) is 0.357. The van der Waals surface area contributed by atoms with Crippen LogP contribution in [0.2, 0.25) is 0 Å². The Kier molecular flexibility index (Phi) is 3.94. The Morgan fingerprint density at radius 2 is 2.18 bits per heavy atom. The van der Waals surface area contributed by atoms with Crippen molar-refractivity contribution >= 4 is 5.97 Å². The second-order valence-electron chi connectivity index (χ2n) is 4.05. The first-order valence-corrected chi connectivity index (χ1v) is 5.79. The summed E-state index contributed by atoms with van der Waals surface area (Å²) in [5.74, 6) is -0.371. The van der Waals surface area contributed by atoms with Gasteiger partial charge in [-0.25, -0.2) is 4.79 Å². The fourth-order valence-electron chi connectivity index (χ4n) is 1.88. The summed E-state index contributed by atoms with van der Waals surface area (Å²) in [7, 11) is 0. The number of ether oxygens (including phenoxy) is 2. The molecule has 0 amide bonds. The Balaban J connectivity index is 1.66. The van der Waals surface area contributed by atoms with Crippen molar-refractivity contribution in [1.82, 2.24) is 0 Å². The Hall–Kier alpha value is -1.61. The van der Waals surface area contributed by atoms with Gasteiger partial charge < -0.3 is 9.47 Å². The normalized spacial score (nSPS) is 22.6. The van der Waals surface area contributed by atoms with Crippen LogP contribution in [0.4, 0.5) is 0 Å². The molecule has 2 unspecified atom stereocenters. The third kappa shape index (κ3) is 3.17. The number of benzene rings is 1. The zero-order valence-electron chi connectivity index (χ0n) is 9.67. The molecule has 0 saturated carbocycles. The lowest BCUT2D eigenvalue weighted by Crippen LogP contribution is -2.32. The van der Waals surface area contributed by atoms with Gasteiger partial charge in [0.25, 0.3) is 0 Å². The van der Waals surface area contributed by atoms with Crippen molar-refractivity contribution < 1.29 is 14.3 Å². The SMILES string of the molecule is C=CC(=O)OCCC1CC(c2ccccc2)O1. The molecule has 3 heteroatoms. The van der Waals surface area contributed by atoms with Gasteiger partial charge in [0.15, 0.2) is 0 Å². The largest absolute Gasteiger partial charge is 0.462 e. The highest BCUT2D eigenvalue weighted by Gasteiger charge is 2.30. The minimum absolute atomic E-state index is 0.205. The summed E-state index contributed by atoms with van der Waals surface area (Å²) in [4.78, 5) is 10.8. The van der Waals surface area contributed by atoms with Crippen molar-refractivity contribution in [3.63, 3.8) is 0 Å². The van der Waals surface area contributed by atoms with E-state index >= 15 is 0 Å². The van der Waals surface area contributed by atoms with Gasteiger partial charge in [-0.2, -0.15) is 0 Å². The zero-order chi connectivity index (χ0) is 12.1. The summed E-state index contributed by atoms with van der Waals surface area (Å²) in [6, 6.07) is 10.2. The summed E-state index contributed by atoms with van der Waals surface area (Å²) in [6.45, 7) is 3.74. The van der Waals surface area contributed by atoms with E-state index < -0.39 is 0 Å². The van der Waals surface area contributed by atoms with Crippen molar-refractivity contribution in [1.29, 1.82) is 0 Å². The smallest absolute Gasteiger partial charge is 0.330 e. The van der Waals surface area contributed by atoms with Crippen molar-refractivity contribution in [3.05, 3.63) is 48.6 Å². The van der Waals surface area contributed by atoms with Crippen LogP contribution in [0.1, 0.15) is 24.5 Å². The van der Waals surface area contributed by atoms with Crippen molar-refractivity contribution in [3.8, 4) is 0 Å². The van der Waals surface area contributed by atoms with Gasteiger partial charge in [-0.15, -0.1) is 0 Å². The molecule has 0 N–H and O–H groups in total. The highest BCUT2D eigenvalue weighted by atomic mass is 16.5. The maximum atomic E-state index is 10.8. The highest BCUT2D eigenvalue weighted by Crippen LogP contribution is 2.36. The second kappa shape index (κ2) is 5.64. The van der Waals surface area contributed by atoms with Crippen LogP contribution >= 0.6 is 0 Å². The van der Waals surface area contributed by atoms with Gasteiger partial charge in [0.1, 0.15) is 0 Å². The third-order valence-corrected chi connectivity index (χ3v) is 2.86. The van der Waals surface area contributed by atoms with E-state index in [0.717, 1.165) is 12.8 Å². The number of hydrogen-bond donors (Lipinski definition) is 0. The van der Waals surface area contributed by atoms with Crippen LogP contribution in [0.15, 0.2) is 43.0 Å². The Morgan fingerprint density at radius 3 is 2.82 bits per heavy atom. The van der Waals surface area contributed by atoms with Crippen LogP contribution in [0.3, 0.4) is 0 Å². The van der Waals surface area contributed by atoms with Gasteiger partial charge in [0.05, 0.1) is 18.8 Å². The van der Waals surface area contributed by atoms with Crippen LogP contribution in [0.25, 0.3) is 0 Å². The second-order valence-corrected chi connectivity index (χ2v) is 4.05. The quantitative estimate of drug-likeness (QED) is 0.578. The first kappa shape index (κ1) is 11.9. The lowest BCUT2D eigenvalue weighted by molar-refractivity contribution is -0.148. The molecule has 0 aliphatic carbocycles. The molecule has 0 aromatic heterocycles. The highest BCUT2D eigenvalue weighted by molar-refractivity contribution is 5.81. The summed E-state index contributed by atoms with van der Waals surface area (Å²) < 4.78 is 10.6. The molecule has 3 nitrogen and oxygen atoms in total. The van der Waals surface area contributed by atoms with E-state index in [0.29, 0.717) is 6.61 Å². The maximum absolute atomic E-state index is 10.8. The summed E-state index contributed by atoms with van der Waals surface area (Å²) in [5.41, 5.74) is 1.21. The van der Waals surface area contributed by atoms with Gasteiger partial charge in [-0.3, -0.25) is 0 Å². The topological polar surface area (TPSA) is 35.5 Å². The summed E-state index contributed by atoms with van der Waals surface area (Å²) in [5, 5.41) is 0. The first-order chi connectivity index (χ1) is 8.29. The van der Waals surface area contributed by atoms with Crippen LogP contribution in [-0.4, -0.2) is 18.7 Å². The summed E-state index contributed by atoms with van der Waals surface area (Å²) in [6.07, 6.45) is 3.33. The minimum atomic E-state index is -0.371. The van der Waals surface area contributed by atoms with E-state index in [9.17, 15) is 4.79 Å². The van der Waals surface area contributed by atoms with Gasteiger partial charge in [0.2, 0.25) is 0 Å². The number of rotatable bonds is 5. The molecule has 1 aliphatic rings.